The molecule has 1 saturated carbocycles. The average Bonchev–Trinajstić information content (AvgIpc) is 3.21. The minimum absolute atomic E-state index is 0.593. The Morgan fingerprint density at radius 2 is 2.05 bits per heavy atom. The van der Waals surface area contributed by atoms with Gasteiger partial charge in [0, 0.05) is 17.7 Å². The maximum atomic E-state index is 4.66. The zero-order valence-electron chi connectivity index (χ0n) is 10.8. The molecule has 0 unspecified atom stereocenters. The number of aromatic nitrogens is 2. The van der Waals surface area contributed by atoms with Gasteiger partial charge in [0.25, 0.3) is 0 Å². The van der Waals surface area contributed by atoms with Crippen molar-refractivity contribution in [3.63, 3.8) is 0 Å². The van der Waals surface area contributed by atoms with Gasteiger partial charge in [-0.15, -0.1) is 11.8 Å². The zero-order chi connectivity index (χ0) is 13.2. The molecule has 98 valence electrons. The molecule has 1 aliphatic carbocycles. The molecule has 0 bridgehead atoms. The summed E-state index contributed by atoms with van der Waals surface area (Å²) in [5, 5.41) is 1.06. The molecule has 0 atom stereocenters. The molecule has 0 amide bonds. The number of halogens is 1. The molecule has 1 aromatic carbocycles. The summed E-state index contributed by atoms with van der Waals surface area (Å²) in [7, 11) is 0. The predicted molar refractivity (Wildman–Crippen MR) is 82.4 cm³/mol. The van der Waals surface area contributed by atoms with Crippen LogP contribution in [0.3, 0.4) is 0 Å². The molecule has 0 radical (unpaired) electrons. The van der Waals surface area contributed by atoms with E-state index in [0.717, 1.165) is 21.2 Å². The Labute approximate surface area is 126 Å². The molecule has 0 spiro atoms. The van der Waals surface area contributed by atoms with Crippen molar-refractivity contribution in [2.45, 2.75) is 36.5 Å². The normalized spacial score (nSPS) is 14.6. The number of hydrogen-bond acceptors (Lipinski definition) is 3. The van der Waals surface area contributed by atoms with Crippen molar-refractivity contribution in [1.29, 1.82) is 0 Å². The van der Waals surface area contributed by atoms with E-state index in [0.29, 0.717) is 5.92 Å². The minimum Gasteiger partial charge on any atom is -0.226 e. The lowest BCUT2D eigenvalue weighted by Gasteiger charge is -2.06. The molecule has 2 nitrogen and oxygen atoms in total. The van der Waals surface area contributed by atoms with Crippen molar-refractivity contribution in [3.8, 4) is 0 Å². The van der Waals surface area contributed by atoms with Crippen LogP contribution in [0.2, 0.25) is 0 Å². The summed E-state index contributed by atoms with van der Waals surface area (Å²) in [6.45, 7) is 2.15. The Bertz CT molecular complexity index is 596. The van der Waals surface area contributed by atoms with Crippen LogP contribution in [-0.4, -0.2) is 9.97 Å². The van der Waals surface area contributed by atoms with Crippen molar-refractivity contribution >= 4 is 27.7 Å². The first kappa shape index (κ1) is 13.1. The van der Waals surface area contributed by atoms with Gasteiger partial charge in [-0.05, 0) is 46.8 Å². The first-order valence-electron chi connectivity index (χ1n) is 6.44. The molecule has 3 rings (SSSR count). The second kappa shape index (κ2) is 5.63. The van der Waals surface area contributed by atoms with Crippen LogP contribution < -0.4 is 0 Å². The average molecular weight is 335 g/mol. The maximum Gasteiger partial charge on any atom is 0.134 e. The van der Waals surface area contributed by atoms with Crippen molar-refractivity contribution in [2.24, 2.45) is 0 Å². The van der Waals surface area contributed by atoms with Gasteiger partial charge in [0.15, 0.2) is 0 Å². The second-order valence-corrected chi connectivity index (χ2v) is 6.68. The Morgan fingerprint density at radius 3 is 2.79 bits per heavy atom. The fourth-order valence-electron chi connectivity index (χ4n) is 1.94. The van der Waals surface area contributed by atoms with Crippen LogP contribution in [0.1, 0.15) is 35.7 Å². The predicted octanol–water partition coefficient (Wildman–Crippen LogP) is 4.72. The monoisotopic (exact) mass is 334 g/mol. The topological polar surface area (TPSA) is 25.8 Å². The number of rotatable bonds is 4. The smallest absolute Gasteiger partial charge is 0.134 e. The molecule has 2 aromatic rings. The number of benzene rings is 1. The van der Waals surface area contributed by atoms with E-state index >= 15 is 0 Å². The molecule has 0 saturated heterocycles. The van der Waals surface area contributed by atoms with Crippen molar-refractivity contribution < 1.29 is 0 Å². The van der Waals surface area contributed by atoms with Gasteiger partial charge in [0.2, 0.25) is 0 Å². The number of nitrogens with zero attached hydrogens (tertiary/aromatic N) is 2. The first-order valence-corrected chi connectivity index (χ1v) is 8.22. The van der Waals surface area contributed by atoms with E-state index in [9.17, 15) is 0 Å². The second-order valence-electron chi connectivity index (χ2n) is 4.88. The fraction of sp³-hybridized carbons (Fsp3) is 0.333. The van der Waals surface area contributed by atoms with Gasteiger partial charge in [-0.2, -0.15) is 0 Å². The third kappa shape index (κ3) is 3.37. The van der Waals surface area contributed by atoms with E-state index in [1.165, 1.54) is 24.0 Å². The van der Waals surface area contributed by atoms with E-state index in [1.54, 1.807) is 11.8 Å². The Balaban J connectivity index is 1.74. The summed E-state index contributed by atoms with van der Waals surface area (Å²) in [6.07, 6.45) is 2.47. The highest BCUT2D eigenvalue weighted by Crippen LogP contribution is 2.39. The van der Waals surface area contributed by atoms with Gasteiger partial charge >= 0.3 is 0 Å². The molecular weight excluding hydrogens is 320 g/mol. The van der Waals surface area contributed by atoms with Crippen LogP contribution in [-0.2, 0) is 5.75 Å². The molecule has 1 aliphatic rings. The third-order valence-electron chi connectivity index (χ3n) is 3.27. The maximum absolute atomic E-state index is 4.66. The summed E-state index contributed by atoms with van der Waals surface area (Å²) < 4.78 is 0.900. The van der Waals surface area contributed by atoms with Gasteiger partial charge < -0.3 is 0 Å². The van der Waals surface area contributed by atoms with Crippen LogP contribution >= 0.6 is 27.7 Å². The highest BCUT2D eigenvalue weighted by Gasteiger charge is 2.27. The molecule has 1 aromatic heterocycles. The summed E-state index contributed by atoms with van der Waals surface area (Å²) in [4.78, 5) is 9.12. The Kier molecular flexibility index (Phi) is 3.89. The Morgan fingerprint density at radius 1 is 1.26 bits per heavy atom. The van der Waals surface area contributed by atoms with Crippen molar-refractivity contribution in [1.82, 2.24) is 9.97 Å². The van der Waals surface area contributed by atoms with Crippen molar-refractivity contribution in [3.05, 3.63) is 51.9 Å². The fourth-order valence-corrected chi connectivity index (χ4v) is 3.47. The molecule has 4 heteroatoms. The standard InChI is InChI=1S/C15H15BrN2S/c1-10-4-2-3-5-12(10)9-19-14-8-13(16)17-15(18-14)11-6-7-11/h2-5,8,11H,6-7,9H2,1H3. The van der Waals surface area contributed by atoms with Crippen LogP contribution in [0, 0.1) is 6.92 Å². The lowest BCUT2D eigenvalue weighted by molar-refractivity contribution is 0.866. The van der Waals surface area contributed by atoms with E-state index < -0.39 is 0 Å². The summed E-state index contributed by atoms with van der Waals surface area (Å²) in [5.41, 5.74) is 2.71. The molecule has 19 heavy (non-hydrogen) atoms. The molecule has 1 fully saturated rings. The SMILES string of the molecule is Cc1ccccc1CSc1cc(Br)nc(C2CC2)n1. The van der Waals surface area contributed by atoms with E-state index in [4.69, 9.17) is 0 Å². The third-order valence-corrected chi connectivity index (χ3v) is 4.63. The van der Waals surface area contributed by atoms with E-state index in [2.05, 4.69) is 57.1 Å². The highest BCUT2D eigenvalue weighted by atomic mass is 79.9. The van der Waals surface area contributed by atoms with Crippen LogP contribution in [0.5, 0.6) is 0 Å². The van der Waals surface area contributed by atoms with Crippen LogP contribution in [0.25, 0.3) is 0 Å². The van der Waals surface area contributed by atoms with Gasteiger partial charge in [-0.25, -0.2) is 9.97 Å². The minimum atomic E-state index is 0.593. The molecule has 0 N–H and O–H groups in total. The van der Waals surface area contributed by atoms with Crippen molar-refractivity contribution in [2.75, 3.05) is 0 Å². The summed E-state index contributed by atoms with van der Waals surface area (Å²) in [5.74, 6) is 2.55. The number of aryl methyl sites for hydroxylation is 1. The largest absolute Gasteiger partial charge is 0.226 e. The first-order chi connectivity index (χ1) is 9.22. The van der Waals surface area contributed by atoms with Crippen LogP contribution in [0.15, 0.2) is 40.0 Å². The van der Waals surface area contributed by atoms with E-state index in [1.807, 2.05) is 6.07 Å². The van der Waals surface area contributed by atoms with E-state index in [-0.39, 0.29) is 0 Å². The van der Waals surface area contributed by atoms with Gasteiger partial charge in [0.05, 0.1) is 0 Å². The van der Waals surface area contributed by atoms with Gasteiger partial charge in [0.1, 0.15) is 15.5 Å². The molecular formula is C15H15BrN2S. The zero-order valence-corrected chi connectivity index (χ0v) is 13.2. The number of thioether (sulfide) groups is 1. The summed E-state index contributed by atoms with van der Waals surface area (Å²) in [6, 6.07) is 10.5. The Hall–Kier alpha value is -0.870. The van der Waals surface area contributed by atoms with Crippen LogP contribution in [0.4, 0.5) is 0 Å². The lowest BCUT2D eigenvalue weighted by atomic mass is 10.1. The summed E-state index contributed by atoms with van der Waals surface area (Å²) >= 11 is 5.27. The van der Waals surface area contributed by atoms with Gasteiger partial charge in [-0.1, -0.05) is 24.3 Å². The quantitative estimate of drug-likeness (QED) is 0.597. The lowest BCUT2D eigenvalue weighted by Crippen LogP contribution is -1.95. The number of hydrogen-bond donors (Lipinski definition) is 0. The molecule has 1 heterocycles. The molecule has 0 aliphatic heterocycles. The van der Waals surface area contributed by atoms with Gasteiger partial charge in [-0.3, -0.25) is 0 Å². The highest BCUT2D eigenvalue weighted by molar-refractivity contribution is 9.10.